The highest BCUT2D eigenvalue weighted by atomic mass is 16.6. The van der Waals surface area contributed by atoms with Gasteiger partial charge in [-0.1, -0.05) is 5.10 Å². The van der Waals surface area contributed by atoms with Gasteiger partial charge in [-0.3, -0.25) is 14.9 Å². The fourth-order valence-corrected chi connectivity index (χ4v) is 2.54. The number of benzene rings is 1. The van der Waals surface area contributed by atoms with Crippen molar-refractivity contribution < 1.29 is 14.1 Å². The molecule has 4 rings (SSSR count). The number of H-pyrrole nitrogens is 1. The van der Waals surface area contributed by atoms with Crippen LogP contribution in [0.4, 0.5) is 11.6 Å². The van der Waals surface area contributed by atoms with E-state index in [-0.39, 0.29) is 11.6 Å². The molecule has 11 heteroatoms. The van der Waals surface area contributed by atoms with Crippen molar-refractivity contribution in [1.82, 2.24) is 20.6 Å². The lowest BCUT2D eigenvalue weighted by Gasteiger charge is -2.03. The fraction of sp³-hybridized carbons (Fsp3) is 0.0625. The maximum Gasteiger partial charge on any atom is 0.293 e. The standard InChI is InChI=1S/C16H11N7O4/c1-9-13(15(24)22(19-9)16-17-20-21-18-16)8-12-6-7-14(27-12)10-2-4-11(5-3-10)23(25)26/h2-8H,1H3,(H,17,18,20,21). The number of hydrazone groups is 1. The molecule has 1 aliphatic heterocycles. The summed E-state index contributed by atoms with van der Waals surface area (Å²) in [7, 11) is 0. The Hall–Kier alpha value is -4.15. The first-order chi connectivity index (χ1) is 13.0. The largest absolute Gasteiger partial charge is 0.457 e. The number of amides is 1. The number of aromatic nitrogens is 4. The van der Waals surface area contributed by atoms with Gasteiger partial charge in [0, 0.05) is 17.7 Å². The molecule has 0 saturated heterocycles. The molecule has 2 aromatic heterocycles. The van der Waals surface area contributed by atoms with Crippen LogP contribution in [-0.4, -0.2) is 37.2 Å². The lowest BCUT2D eigenvalue weighted by molar-refractivity contribution is -0.384. The third-order valence-electron chi connectivity index (χ3n) is 3.86. The van der Waals surface area contributed by atoms with Gasteiger partial charge in [-0.2, -0.15) is 15.3 Å². The van der Waals surface area contributed by atoms with Gasteiger partial charge >= 0.3 is 0 Å². The van der Waals surface area contributed by atoms with E-state index in [4.69, 9.17) is 4.42 Å². The lowest BCUT2D eigenvalue weighted by atomic mass is 10.1. The van der Waals surface area contributed by atoms with Gasteiger partial charge in [0.15, 0.2) is 0 Å². The molecule has 0 atom stereocenters. The predicted octanol–water partition coefficient (Wildman–Crippen LogP) is 2.17. The molecule has 0 saturated carbocycles. The number of hydrogen-bond donors (Lipinski definition) is 1. The molecule has 0 unspecified atom stereocenters. The van der Waals surface area contributed by atoms with Gasteiger partial charge in [0.1, 0.15) is 11.5 Å². The molecule has 0 bridgehead atoms. The van der Waals surface area contributed by atoms with E-state index in [0.29, 0.717) is 28.4 Å². The van der Waals surface area contributed by atoms with Crippen molar-refractivity contribution in [3.63, 3.8) is 0 Å². The van der Waals surface area contributed by atoms with Gasteiger partial charge in [-0.05, 0) is 42.5 Å². The highest BCUT2D eigenvalue weighted by Crippen LogP contribution is 2.27. The Morgan fingerprint density at radius 2 is 2.00 bits per heavy atom. The molecule has 11 nitrogen and oxygen atoms in total. The number of nitrogens with zero attached hydrogens (tertiary/aromatic N) is 6. The number of aromatic amines is 1. The van der Waals surface area contributed by atoms with Crippen LogP contribution in [0, 0.1) is 10.1 Å². The zero-order valence-electron chi connectivity index (χ0n) is 13.9. The highest BCUT2D eigenvalue weighted by Gasteiger charge is 2.31. The fourth-order valence-electron chi connectivity index (χ4n) is 2.54. The minimum Gasteiger partial charge on any atom is -0.457 e. The maximum atomic E-state index is 12.5. The van der Waals surface area contributed by atoms with Crippen LogP contribution in [0.15, 0.2) is 51.5 Å². The number of rotatable bonds is 4. The van der Waals surface area contributed by atoms with Crippen LogP contribution in [-0.2, 0) is 4.79 Å². The summed E-state index contributed by atoms with van der Waals surface area (Å²) in [5.41, 5.74) is 1.50. The number of tetrazole rings is 1. The van der Waals surface area contributed by atoms with Crippen molar-refractivity contribution in [1.29, 1.82) is 0 Å². The van der Waals surface area contributed by atoms with Crippen LogP contribution in [0.1, 0.15) is 12.7 Å². The minimum absolute atomic E-state index is 0.00223. The first-order valence-corrected chi connectivity index (χ1v) is 7.73. The summed E-state index contributed by atoms with van der Waals surface area (Å²) in [5.74, 6) is 0.610. The number of carbonyl (C=O) groups excluding carboxylic acids is 1. The van der Waals surface area contributed by atoms with Crippen LogP contribution < -0.4 is 5.01 Å². The summed E-state index contributed by atoms with van der Waals surface area (Å²) >= 11 is 0. The summed E-state index contributed by atoms with van der Waals surface area (Å²) in [6.07, 6.45) is 1.57. The topological polar surface area (TPSA) is 143 Å². The summed E-state index contributed by atoms with van der Waals surface area (Å²) < 4.78 is 5.73. The Morgan fingerprint density at radius 3 is 2.67 bits per heavy atom. The van der Waals surface area contributed by atoms with Gasteiger partial charge < -0.3 is 4.42 Å². The van der Waals surface area contributed by atoms with E-state index in [0.717, 1.165) is 5.01 Å². The molecular weight excluding hydrogens is 354 g/mol. The second-order valence-electron chi connectivity index (χ2n) is 5.58. The van der Waals surface area contributed by atoms with Crippen molar-refractivity contribution >= 4 is 29.3 Å². The zero-order valence-corrected chi connectivity index (χ0v) is 13.9. The van der Waals surface area contributed by atoms with Crippen molar-refractivity contribution in [2.75, 3.05) is 5.01 Å². The van der Waals surface area contributed by atoms with Crippen molar-refractivity contribution in [2.45, 2.75) is 6.92 Å². The normalized spacial score (nSPS) is 15.4. The Labute approximate surface area is 151 Å². The molecule has 1 aromatic carbocycles. The Kier molecular flexibility index (Phi) is 3.81. The Morgan fingerprint density at radius 1 is 1.22 bits per heavy atom. The summed E-state index contributed by atoms with van der Waals surface area (Å²) in [5, 5.41) is 29.1. The van der Waals surface area contributed by atoms with E-state index in [9.17, 15) is 14.9 Å². The molecular formula is C16H11N7O4. The second kappa shape index (κ2) is 6.29. The monoisotopic (exact) mass is 365 g/mol. The minimum atomic E-state index is -0.467. The molecule has 1 amide bonds. The van der Waals surface area contributed by atoms with Gasteiger partial charge in [0.25, 0.3) is 17.5 Å². The third kappa shape index (κ3) is 2.97. The van der Waals surface area contributed by atoms with Gasteiger partial charge in [-0.15, -0.1) is 5.10 Å². The number of non-ortho nitro benzene ring substituents is 1. The molecule has 27 heavy (non-hydrogen) atoms. The quantitative estimate of drug-likeness (QED) is 0.424. The van der Waals surface area contributed by atoms with E-state index < -0.39 is 10.8 Å². The Bertz CT molecular complexity index is 1080. The van der Waals surface area contributed by atoms with Gasteiger partial charge in [0.05, 0.1) is 16.2 Å². The van der Waals surface area contributed by atoms with E-state index in [1.807, 2.05) is 0 Å². The maximum absolute atomic E-state index is 12.5. The van der Waals surface area contributed by atoms with Gasteiger partial charge in [-0.25, -0.2) is 0 Å². The number of nitro benzene ring substituents is 1. The number of furan rings is 1. The molecule has 0 radical (unpaired) electrons. The van der Waals surface area contributed by atoms with E-state index >= 15 is 0 Å². The molecule has 0 fully saturated rings. The van der Waals surface area contributed by atoms with Gasteiger partial charge in [0.2, 0.25) is 0 Å². The summed E-state index contributed by atoms with van der Waals surface area (Å²) in [4.78, 5) is 22.8. The van der Waals surface area contributed by atoms with Crippen molar-refractivity contribution in [3.8, 4) is 11.3 Å². The second-order valence-corrected chi connectivity index (χ2v) is 5.58. The smallest absolute Gasteiger partial charge is 0.293 e. The molecule has 1 aliphatic rings. The molecule has 0 spiro atoms. The van der Waals surface area contributed by atoms with E-state index in [1.165, 1.54) is 12.1 Å². The van der Waals surface area contributed by atoms with Crippen molar-refractivity contribution in [2.24, 2.45) is 5.10 Å². The Balaban J connectivity index is 1.59. The SMILES string of the molecule is CC1=NN(c2nn[nH]n2)C(=O)C1=Cc1ccc(-c2ccc([N+](=O)[O-])cc2)o1. The van der Waals surface area contributed by atoms with Crippen LogP contribution in [0.3, 0.4) is 0 Å². The summed E-state index contributed by atoms with van der Waals surface area (Å²) in [6, 6.07) is 9.41. The molecule has 3 aromatic rings. The van der Waals surface area contributed by atoms with Crippen LogP contribution in [0.25, 0.3) is 17.4 Å². The zero-order chi connectivity index (χ0) is 19.0. The number of nitro groups is 1. The molecule has 3 heterocycles. The number of nitrogens with one attached hydrogen (secondary N) is 1. The average Bonchev–Trinajstić information content (AvgIpc) is 3.39. The lowest BCUT2D eigenvalue weighted by Crippen LogP contribution is -2.22. The van der Waals surface area contributed by atoms with Crippen LogP contribution in [0.2, 0.25) is 0 Å². The highest BCUT2D eigenvalue weighted by molar-refractivity contribution is 6.31. The number of hydrogen-bond acceptors (Lipinski definition) is 8. The first kappa shape index (κ1) is 16.3. The number of carbonyl (C=O) groups is 1. The predicted molar refractivity (Wildman–Crippen MR) is 93.5 cm³/mol. The molecule has 0 aliphatic carbocycles. The number of anilines is 1. The van der Waals surface area contributed by atoms with E-state index in [1.54, 1.807) is 37.3 Å². The molecule has 134 valence electrons. The van der Waals surface area contributed by atoms with Crippen LogP contribution in [0.5, 0.6) is 0 Å². The third-order valence-corrected chi connectivity index (χ3v) is 3.86. The first-order valence-electron chi connectivity index (χ1n) is 7.73. The average molecular weight is 365 g/mol. The van der Waals surface area contributed by atoms with Crippen molar-refractivity contribution in [3.05, 3.63) is 57.8 Å². The summed E-state index contributed by atoms with van der Waals surface area (Å²) in [6.45, 7) is 1.68. The molecule has 1 N–H and O–H groups in total. The van der Waals surface area contributed by atoms with Crippen LogP contribution >= 0.6 is 0 Å². The van der Waals surface area contributed by atoms with E-state index in [2.05, 4.69) is 25.7 Å².